The molecule has 3 N–H and O–H groups in total. The van der Waals surface area contributed by atoms with Crippen molar-refractivity contribution in [1.82, 2.24) is 19.5 Å². The number of imidazole rings is 1. The molecule has 2 fully saturated rings. The Morgan fingerprint density at radius 2 is 1.85 bits per heavy atom. The molecule has 0 bridgehead atoms. The number of halogens is 1. The summed E-state index contributed by atoms with van der Waals surface area (Å²) in [6, 6.07) is 7.11. The monoisotopic (exact) mass is 380 g/mol. The Kier molecular flexibility index (Phi) is 4.01. The second-order valence-electron chi connectivity index (χ2n) is 7.53. The molecule has 0 radical (unpaired) electrons. The number of nitrogens with one attached hydrogen (secondary N) is 1. The fourth-order valence-corrected chi connectivity index (χ4v) is 3.91. The molecule has 0 atom stereocenters. The molecule has 3 aromatic heterocycles. The van der Waals surface area contributed by atoms with Gasteiger partial charge < -0.3 is 11.1 Å². The van der Waals surface area contributed by atoms with Crippen LogP contribution in [0.15, 0.2) is 43.0 Å². The van der Waals surface area contributed by atoms with E-state index in [1.165, 1.54) is 31.4 Å². The second kappa shape index (κ2) is 6.53. The molecule has 2 aliphatic rings. The first-order chi connectivity index (χ1) is 13.2. The van der Waals surface area contributed by atoms with Gasteiger partial charge in [-0.3, -0.25) is 4.57 Å². The van der Waals surface area contributed by atoms with E-state index in [1.807, 2.05) is 17.0 Å². The predicted molar refractivity (Wildman–Crippen MR) is 106 cm³/mol. The highest BCUT2D eigenvalue weighted by Crippen LogP contribution is 2.54. The van der Waals surface area contributed by atoms with Gasteiger partial charge in [-0.25, -0.2) is 15.0 Å². The summed E-state index contributed by atoms with van der Waals surface area (Å²) in [4.78, 5) is 13.6. The van der Waals surface area contributed by atoms with Crippen LogP contribution in [0.4, 0.5) is 17.3 Å². The average molecular weight is 381 g/mol. The van der Waals surface area contributed by atoms with Crippen molar-refractivity contribution >= 4 is 28.9 Å². The minimum absolute atomic E-state index is 0.612. The fourth-order valence-electron chi connectivity index (χ4n) is 3.75. The van der Waals surface area contributed by atoms with Gasteiger partial charge in [-0.1, -0.05) is 11.6 Å². The summed E-state index contributed by atoms with van der Waals surface area (Å²) < 4.78 is 1.96. The first kappa shape index (κ1) is 16.6. The van der Waals surface area contributed by atoms with Crippen molar-refractivity contribution in [3.05, 3.63) is 53.7 Å². The number of nitrogen functional groups attached to an aromatic ring is 1. The summed E-state index contributed by atoms with van der Waals surface area (Å²) in [5.41, 5.74) is 7.92. The third kappa shape index (κ3) is 3.62. The molecule has 2 aliphatic carbocycles. The normalized spacial score (nSPS) is 16.7. The molecule has 0 unspecified atom stereocenters. The third-order valence-electron chi connectivity index (χ3n) is 5.28. The lowest BCUT2D eigenvalue weighted by Gasteiger charge is -2.12. The van der Waals surface area contributed by atoms with Gasteiger partial charge in [0.25, 0.3) is 0 Å². The number of anilines is 3. The zero-order chi connectivity index (χ0) is 18.4. The van der Waals surface area contributed by atoms with E-state index in [-0.39, 0.29) is 0 Å². The van der Waals surface area contributed by atoms with Crippen molar-refractivity contribution in [2.24, 2.45) is 11.8 Å². The Labute approximate surface area is 162 Å². The van der Waals surface area contributed by atoms with Crippen molar-refractivity contribution in [3.8, 4) is 5.82 Å². The Hall–Kier alpha value is -2.60. The molecule has 0 amide bonds. The van der Waals surface area contributed by atoms with Crippen LogP contribution in [-0.4, -0.2) is 19.5 Å². The molecule has 7 heteroatoms. The number of nitrogens with zero attached hydrogens (tertiary/aromatic N) is 4. The number of nitrogens with two attached hydrogens (primary N) is 1. The molecule has 0 spiro atoms. The lowest BCUT2D eigenvalue weighted by Crippen LogP contribution is -2.05. The Balaban J connectivity index is 1.42. The van der Waals surface area contributed by atoms with Crippen molar-refractivity contribution in [2.75, 3.05) is 11.1 Å². The van der Waals surface area contributed by atoms with Crippen LogP contribution in [0.5, 0.6) is 0 Å². The lowest BCUT2D eigenvalue weighted by molar-refractivity contribution is 0.526. The first-order valence-corrected chi connectivity index (χ1v) is 9.74. The Morgan fingerprint density at radius 1 is 1.07 bits per heavy atom. The van der Waals surface area contributed by atoms with E-state index < -0.39 is 0 Å². The van der Waals surface area contributed by atoms with E-state index in [0.717, 1.165) is 17.7 Å². The zero-order valence-corrected chi connectivity index (χ0v) is 15.6. The number of hydrogen-bond donors (Lipinski definition) is 2. The van der Waals surface area contributed by atoms with Gasteiger partial charge in [-0.05, 0) is 49.7 Å². The van der Waals surface area contributed by atoms with E-state index in [2.05, 4.69) is 21.5 Å². The molecule has 0 saturated heterocycles. The van der Waals surface area contributed by atoms with Crippen LogP contribution >= 0.6 is 11.6 Å². The molecular weight excluding hydrogens is 360 g/mol. The maximum absolute atomic E-state index is 6.10. The number of aromatic nitrogens is 4. The maximum atomic E-state index is 6.10. The molecule has 5 rings (SSSR count). The summed E-state index contributed by atoms with van der Waals surface area (Å²) in [7, 11) is 0. The van der Waals surface area contributed by atoms with Crippen molar-refractivity contribution in [3.63, 3.8) is 0 Å². The maximum Gasteiger partial charge on any atom is 0.142 e. The lowest BCUT2D eigenvalue weighted by atomic mass is 9.95. The predicted octanol–water partition coefficient (Wildman–Crippen LogP) is 4.55. The molecule has 2 saturated carbocycles. The summed E-state index contributed by atoms with van der Waals surface area (Å²) >= 11 is 6.03. The van der Waals surface area contributed by atoms with Gasteiger partial charge in [0.05, 0.1) is 5.69 Å². The van der Waals surface area contributed by atoms with Gasteiger partial charge in [0.1, 0.15) is 23.8 Å². The third-order valence-corrected chi connectivity index (χ3v) is 5.52. The molecule has 6 nitrogen and oxygen atoms in total. The van der Waals surface area contributed by atoms with Gasteiger partial charge in [0.2, 0.25) is 0 Å². The Bertz CT molecular complexity index is 964. The summed E-state index contributed by atoms with van der Waals surface area (Å²) in [5.74, 6) is 4.24. The summed E-state index contributed by atoms with van der Waals surface area (Å²) in [6.07, 6.45) is 11.0. The zero-order valence-electron chi connectivity index (χ0n) is 14.8. The standard InChI is InChI=1S/C20H21ClN6/c21-14-5-6-23-17(7-14)25-18-8-15(22)9-19(26-18)27-10-16(24-11-27)20(12-1-2-12)13-3-4-13/h5-13,20H,1-4H2,(H3,22,23,25,26). The molecule has 0 aliphatic heterocycles. The van der Waals surface area contributed by atoms with Gasteiger partial charge in [0, 0.05) is 41.2 Å². The van der Waals surface area contributed by atoms with Gasteiger partial charge in [0.15, 0.2) is 0 Å². The Morgan fingerprint density at radius 3 is 2.56 bits per heavy atom. The topological polar surface area (TPSA) is 81.6 Å². The highest BCUT2D eigenvalue weighted by atomic mass is 35.5. The quantitative estimate of drug-likeness (QED) is 0.655. The molecule has 3 aromatic rings. The van der Waals surface area contributed by atoms with Crippen LogP contribution in [0.3, 0.4) is 0 Å². The van der Waals surface area contributed by atoms with Crippen molar-refractivity contribution < 1.29 is 0 Å². The molecule has 3 heterocycles. The number of hydrogen-bond acceptors (Lipinski definition) is 5. The average Bonchev–Trinajstić information content (AvgIpc) is 3.55. The van der Waals surface area contributed by atoms with E-state index in [4.69, 9.17) is 22.3 Å². The summed E-state index contributed by atoms with van der Waals surface area (Å²) in [6.45, 7) is 0. The van der Waals surface area contributed by atoms with Crippen LogP contribution in [-0.2, 0) is 0 Å². The second-order valence-corrected chi connectivity index (χ2v) is 7.97. The van der Waals surface area contributed by atoms with Gasteiger partial charge >= 0.3 is 0 Å². The molecule has 0 aromatic carbocycles. The van der Waals surface area contributed by atoms with Gasteiger partial charge in [-0.15, -0.1) is 0 Å². The van der Waals surface area contributed by atoms with E-state index >= 15 is 0 Å². The smallest absolute Gasteiger partial charge is 0.142 e. The molecule has 138 valence electrons. The molecule has 27 heavy (non-hydrogen) atoms. The minimum Gasteiger partial charge on any atom is -0.399 e. The van der Waals surface area contributed by atoms with Crippen LogP contribution in [0, 0.1) is 11.8 Å². The highest BCUT2D eigenvalue weighted by Gasteiger charge is 2.43. The van der Waals surface area contributed by atoms with Crippen LogP contribution in [0.1, 0.15) is 37.3 Å². The van der Waals surface area contributed by atoms with Crippen molar-refractivity contribution in [1.29, 1.82) is 0 Å². The van der Waals surface area contributed by atoms with E-state index in [0.29, 0.717) is 28.3 Å². The van der Waals surface area contributed by atoms with Crippen LogP contribution < -0.4 is 11.1 Å². The van der Waals surface area contributed by atoms with Gasteiger partial charge in [-0.2, -0.15) is 0 Å². The number of pyridine rings is 2. The fraction of sp³-hybridized carbons (Fsp3) is 0.350. The highest BCUT2D eigenvalue weighted by molar-refractivity contribution is 6.30. The minimum atomic E-state index is 0.612. The van der Waals surface area contributed by atoms with Crippen LogP contribution in [0.2, 0.25) is 5.02 Å². The van der Waals surface area contributed by atoms with E-state index in [9.17, 15) is 0 Å². The van der Waals surface area contributed by atoms with E-state index in [1.54, 1.807) is 24.4 Å². The largest absolute Gasteiger partial charge is 0.399 e. The summed E-state index contributed by atoms with van der Waals surface area (Å²) in [5, 5.41) is 3.77. The number of rotatable bonds is 6. The first-order valence-electron chi connectivity index (χ1n) is 9.36. The molecular formula is C20H21ClN6. The van der Waals surface area contributed by atoms with Crippen LogP contribution in [0.25, 0.3) is 5.82 Å². The SMILES string of the molecule is Nc1cc(Nc2cc(Cl)ccn2)nc(-n2cnc(C(C3CC3)C3CC3)c2)c1. The van der Waals surface area contributed by atoms with Crippen molar-refractivity contribution in [2.45, 2.75) is 31.6 Å².